The second-order valence-corrected chi connectivity index (χ2v) is 4.61. The predicted molar refractivity (Wildman–Crippen MR) is 70.5 cm³/mol. The van der Waals surface area contributed by atoms with Crippen LogP contribution in [0.4, 0.5) is 0 Å². The number of nitrogens with one attached hydrogen (secondary N) is 1. The van der Waals surface area contributed by atoms with Crippen molar-refractivity contribution in [3.63, 3.8) is 0 Å². The van der Waals surface area contributed by atoms with Gasteiger partial charge in [-0.05, 0) is 12.8 Å². The lowest BCUT2D eigenvalue weighted by molar-refractivity contribution is -0.126. The van der Waals surface area contributed by atoms with Gasteiger partial charge >= 0.3 is 0 Å². The van der Waals surface area contributed by atoms with Crippen LogP contribution >= 0.6 is 0 Å². The Kier molecular flexibility index (Phi) is 6.03. The smallest absolute Gasteiger partial charge is 0.263 e. The maximum Gasteiger partial charge on any atom is 0.263 e. The second-order valence-electron chi connectivity index (χ2n) is 4.61. The number of rotatable bonds is 5. The molecule has 1 saturated carbocycles. The molecule has 0 aromatic carbocycles. The first-order valence-electron chi connectivity index (χ1n) is 6.48. The van der Waals surface area contributed by atoms with Crippen LogP contribution in [0, 0.1) is 11.3 Å². The Labute approximate surface area is 113 Å². The normalized spacial score (nSPS) is 15.9. The number of nitrogens with two attached hydrogens (primary N) is 1. The van der Waals surface area contributed by atoms with Crippen LogP contribution < -0.4 is 11.1 Å². The highest BCUT2D eigenvalue weighted by Crippen LogP contribution is 2.18. The van der Waals surface area contributed by atoms with E-state index in [1.807, 2.05) is 6.07 Å². The molecule has 1 fully saturated rings. The highest BCUT2D eigenvalue weighted by Gasteiger charge is 2.20. The summed E-state index contributed by atoms with van der Waals surface area (Å²) in [5.74, 6) is -0.662. The van der Waals surface area contributed by atoms with Crippen LogP contribution in [0.1, 0.15) is 32.6 Å². The number of hydrogen-bond acceptors (Lipinski definition) is 4. The monoisotopic (exact) mass is 264 g/mol. The first kappa shape index (κ1) is 15.2. The maximum atomic E-state index is 11.9. The molecule has 104 valence electrons. The molecule has 1 aliphatic rings. The van der Waals surface area contributed by atoms with Gasteiger partial charge in [0.2, 0.25) is 5.91 Å². The molecular weight excluding hydrogens is 244 g/mol. The summed E-state index contributed by atoms with van der Waals surface area (Å²) < 4.78 is 0. The lowest BCUT2D eigenvalue weighted by Gasteiger charge is -2.16. The lowest BCUT2D eigenvalue weighted by atomic mass is 10.2. The third-order valence-corrected chi connectivity index (χ3v) is 3.11. The van der Waals surface area contributed by atoms with Crippen molar-refractivity contribution in [2.24, 2.45) is 5.73 Å². The minimum atomic E-state index is -0.419. The van der Waals surface area contributed by atoms with Gasteiger partial charge in [0.1, 0.15) is 11.6 Å². The summed E-state index contributed by atoms with van der Waals surface area (Å²) in [4.78, 5) is 24.5. The van der Waals surface area contributed by atoms with Crippen molar-refractivity contribution in [3.8, 4) is 6.07 Å². The standard InChI is InChI=1S/C13H20N4O2/c1-10(18)17(7-6-14)9-11(8-15)13(19)16-12-4-2-3-5-12/h9,12H,2-7,14H2,1H3,(H,16,19)/b11-9-. The Morgan fingerprint density at radius 3 is 2.58 bits per heavy atom. The largest absolute Gasteiger partial charge is 0.349 e. The van der Waals surface area contributed by atoms with E-state index in [2.05, 4.69) is 5.32 Å². The minimum absolute atomic E-state index is 0.0597. The minimum Gasteiger partial charge on any atom is -0.349 e. The lowest BCUT2D eigenvalue weighted by Crippen LogP contribution is -2.35. The van der Waals surface area contributed by atoms with Crippen molar-refractivity contribution in [3.05, 3.63) is 11.8 Å². The van der Waals surface area contributed by atoms with Gasteiger partial charge in [-0.15, -0.1) is 0 Å². The Morgan fingerprint density at radius 2 is 2.11 bits per heavy atom. The third-order valence-electron chi connectivity index (χ3n) is 3.11. The summed E-state index contributed by atoms with van der Waals surface area (Å²) in [5.41, 5.74) is 5.33. The Balaban J connectivity index is 2.71. The average molecular weight is 264 g/mol. The van der Waals surface area contributed by atoms with Crippen LogP contribution in [-0.4, -0.2) is 35.8 Å². The highest BCUT2D eigenvalue weighted by atomic mass is 16.2. The SMILES string of the molecule is CC(=O)N(/C=C(/C#N)C(=O)NC1CCCC1)CCN. The molecule has 0 bridgehead atoms. The summed E-state index contributed by atoms with van der Waals surface area (Å²) in [6, 6.07) is 1.98. The van der Waals surface area contributed by atoms with Gasteiger partial charge in [0.15, 0.2) is 0 Å². The molecule has 0 spiro atoms. The number of amides is 2. The van der Waals surface area contributed by atoms with E-state index in [1.165, 1.54) is 18.0 Å². The molecule has 6 heteroatoms. The fraction of sp³-hybridized carbons (Fsp3) is 0.615. The van der Waals surface area contributed by atoms with Crippen LogP contribution in [0.2, 0.25) is 0 Å². The molecule has 1 rings (SSSR count). The molecule has 0 aromatic heterocycles. The van der Waals surface area contributed by atoms with Gasteiger partial charge in [-0.1, -0.05) is 12.8 Å². The molecule has 0 unspecified atom stereocenters. The fourth-order valence-electron chi connectivity index (χ4n) is 2.08. The molecule has 1 aliphatic carbocycles. The van der Waals surface area contributed by atoms with E-state index in [1.54, 1.807) is 0 Å². The maximum absolute atomic E-state index is 11.9. The van der Waals surface area contributed by atoms with E-state index in [0.29, 0.717) is 0 Å². The van der Waals surface area contributed by atoms with E-state index in [-0.39, 0.29) is 30.6 Å². The molecule has 0 saturated heterocycles. The van der Waals surface area contributed by atoms with E-state index in [9.17, 15) is 9.59 Å². The third kappa shape index (κ3) is 4.72. The number of nitriles is 1. The van der Waals surface area contributed by atoms with Gasteiger partial charge in [0, 0.05) is 32.3 Å². The van der Waals surface area contributed by atoms with E-state index in [0.717, 1.165) is 25.7 Å². The summed E-state index contributed by atoms with van der Waals surface area (Å²) in [6.07, 6.45) is 5.37. The molecule has 3 N–H and O–H groups in total. The van der Waals surface area contributed by atoms with Crippen molar-refractivity contribution in [1.82, 2.24) is 10.2 Å². The van der Waals surface area contributed by atoms with Crippen molar-refractivity contribution >= 4 is 11.8 Å². The average Bonchev–Trinajstić information content (AvgIpc) is 2.86. The zero-order chi connectivity index (χ0) is 14.3. The molecule has 6 nitrogen and oxygen atoms in total. The van der Waals surface area contributed by atoms with Gasteiger partial charge in [0.05, 0.1) is 0 Å². The number of carbonyl (C=O) groups is 2. The number of carbonyl (C=O) groups excluding carboxylic acids is 2. The Bertz CT molecular complexity index is 405. The molecule has 0 heterocycles. The van der Waals surface area contributed by atoms with Crippen molar-refractivity contribution in [2.75, 3.05) is 13.1 Å². The molecule has 0 radical (unpaired) electrons. The predicted octanol–water partition coefficient (Wildman–Crippen LogP) is 0.260. The molecule has 0 aliphatic heterocycles. The van der Waals surface area contributed by atoms with Crippen LogP contribution in [0.15, 0.2) is 11.8 Å². The van der Waals surface area contributed by atoms with Crippen LogP contribution in [0.25, 0.3) is 0 Å². The van der Waals surface area contributed by atoms with E-state index >= 15 is 0 Å². The van der Waals surface area contributed by atoms with Crippen LogP contribution in [0.5, 0.6) is 0 Å². The second kappa shape index (κ2) is 7.54. The van der Waals surface area contributed by atoms with Crippen molar-refractivity contribution in [2.45, 2.75) is 38.6 Å². The molecular formula is C13H20N4O2. The Morgan fingerprint density at radius 1 is 1.47 bits per heavy atom. The zero-order valence-corrected chi connectivity index (χ0v) is 11.2. The summed E-state index contributed by atoms with van der Waals surface area (Å²) >= 11 is 0. The summed E-state index contributed by atoms with van der Waals surface area (Å²) in [6.45, 7) is 1.94. The quantitative estimate of drug-likeness (QED) is 0.549. The van der Waals surface area contributed by atoms with E-state index in [4.69, 9.17) is 11.0 Å². The number of nitrogens with zero attached hydrogens (tertiary/aromatic N) is 2. The van der Waals surface area contributed by atoms with Crippen LogP contribution in [-0.2, 0) is 9.59 Å². The molecule has 0 atom stereocenters. The first-order valence-corrected chi connectivity index (χ1v) is 6.48. The zero-order valence-electron chi connectivity index (χ0n) is 11.2. The van der Waals surface area contributed by atoms with Crippen molar-refractivity contribution in [1.29, 1.82) is 5.26 Å². The summed E-state index contributed by atoms with van der Waals surface area (Å²) in [7, 11) is 0. The fourth-order valence-corrected chi connectivity index (χ4v) is 2.08. The van der Waals surface area contributed by atoms with E-state index < -0.39 is 5.91 Å². The van der Waals surface area contributed by atoms with Gasteiger partial charge in [-0.2, -0.15) is 5.26 Å². The Hall–Kier alpha value is -1.87. The number of hydrogen-bond donors (Lipinski definition) is 2. The van der Waals surface area contributed by atoms with Gasteiger partial charge < -0.3 is 16.0 Å². The van der Waals surface area contributed by atoms with Crippen LogP contribution in [0.3, 0.4) is 0 Å². The molecule has 19 heavy (non-hydrogen) atoms. The van der Waals surface area contributed by atoms with Gasteiger partial charge in [0.25, 0.3) is 5.91 Å². The van der Waals surface area contributed by atoms with Gasteiger partial charge in [-0.3, -0.25) is 9.59 Å². The highest BCUT2D eigenvalue weighted by molar-refractivity contribution is 5.97. The molecule has 0 aromatic rings. The first-order chi connectivity index (χ1) is 9.08. The van der Waals surface area contributed by atoms with Crippen molar-refractivity contribution < 1.29 is 9.59 Å². The van der Waals surface area contributed by atoms with Gasteiger partial charge in [-0.25, -0.2) is 0 Å². The topological polar surface area (TPSA) is 99.2 Å². The summed E-state index contributed by atoms with van der Waals surface area (Å²) in [5, 5.41) is 11.8. The molecule has 2 amide bonds.